The van der Waals surface area contributed by atoms with Crippen molar-refractivity contribution in [2.75, 3.05) is 5.43 Å². The fourth-order valence-electron chi connectivity index (χ4n) is 1.45. The van der Waals surface area contributed by atoms with E-state index in [1.54, 1.807) is 6.07 Å². The fraction of sp³-hybridized carbons (Fsp3) is 0.231. The molecule has 0 fully saturated rings. The quantitative estimate of drug-likeness (QED) is 0.491. The second-order valence-electron chi connectivity index (χ2n) is 4.30. The molecule has 100 valence electrons. The first kappa shape index (κ1) is 14.0. The molecule has 6 heteroatoms. The van der Waals surface area contributed by atoms with Gasteiger partial charge in [-0.3, -0.25) is 0 Å². The lowest BCUT2D eigenvalue weighted by atomic mass is 10.2. The minimum atomic E-state index is 0.201. The lowest BCUT2D eigenvalue weighted by molar-refractivity contribution is 0.457. The van der Waals surface area contributed by atoms with E-state index >= 15 is 0 Å². The maximum Gasteiger partial charge on any atom is 0.224 e. The van der Waals surface area contributed by atoms with Gasteiger partial charge in [-0.2, -0.15) is 4.98 Å². The molecule has 0 unspecified atom stereocenters. The molecule has 0 atom stereocenters. The number of nitrogens with two attached hydrogens (primary N) is 1. The Hall–Kier alpha value is -1.41. The molecule has 19 heavy (non-hydrogen) atoms. The van der Waals surface area contributed by atoms with E-state index in [9.17, 15) is 0 Å². The van der Waals surface area contributed by atoms with E-state index in [1.165, 1.54) is 0 Å². The largest absolute Gasteiger partial charge is 0.439 e. The van der Waals surface area contributed by atoms with Gasteiger partial charge in [0.1, 0.15) is 17.4 Å². The zero-order valence-electron chi connectivity index (χ0n) is 10.7. The van der Waals surface area contributed by atoms with Crippen molar-refractivity contribution in [3.8, 4) is 11.6 Å². The molecule has 1 aromatic heterocycles. The molecule has 0 bridgehead atoms. The predicted molar refractivity (Wildman–Crippen MR) is 83.2 cm³/mol. The molecule has 0 aliphatic carbocycles. The highest BCUT2D eigenvalue weighted by molar-refractivity contribution is 14.1. The zero-order valence-corrected chi connectivity index (χ0v) is 12.9. The Morgan fingerprint density at radius 3 is 2.47 bits per heavy atom. The third kappa shape index (κ3) is 3.77. The van der Waals surface area contributed by atoms with Crippen LogP contribution in [-0.2, 0) is 0 Å². The number of anilines is 1. The molecule has 0 saturated carbocycles. The minimum absolute atomic E-state index is 0.201. The summed E-state index contributed by atoms with van der Waals surface area (Å²) in [4.78, 5) is 8.65. The molecular formula is C13H15IN4O. The Morgan fingerprint density at radius 1 is 1.21 bits per heavy atom. The van der Waals surface area contributed by atoms with Gasteiger partial charge in [0.15, 0.2) is 0 Å². The van der Waals surface area contributed by atoms with Gasteiger partial charge in [-0.05, 0) is 46.9 Å². The van der Waals surface area contributed by atoms with E-state index < -0.39 is 0 Å². The average Bonchev–Trinajstić information content (AvgIpc) is 2.41. The summed E-state index contributed by atoms with van der Waals surface area (Å²) in [6.07, 6.45) is 0. The van der Waals surface area contributed by atoms with Crippen molar-refractivity contribution in [2.45, 2.75) is 19.8 Å². The highest BCUT2D eigenvalue weighted by Gasteiger charge is 2.09. The van der Waals surface area contributed by atoms with Crippen LogP contribution in [-0.4, -0.2) is 9.97 Å². The molecule has 1 aromatic carbocycles. The maximum atomic E-state index is 5.72. The van der Waals surface area contributed by atoms with Crippen molar-refractivity contribution in [3.63, 3.8) is 0 Å². The highest BCUT2D eigenvalue weighted by Crippen LogP contribution is 2.24. The first-order valence-electron chi connectivity index (χ1n) is 5.87. The maximum absolute atomic E-state index is 5.72. The molecule has 0 aliphatic rings. The number of hydrogen-bond donors (Lipinski definition) is 2. The summed E-state index contributed by atoms with van der Waals surface area (Å²) in [6, 6.07) is 9.41. The fourth-order valence-corrected chi connectivity index (χ4v) is 1.81. The summed E-state index contributed by atoms with van der Waals surface area (Å²) < 4.78 is 6.87. The van der Waals surface area contributed by atoms with Crippen LogP contribution < -0.4 is 16.0 Å². The topological polar surface area (TPSA) is 73.1 Å². The lowest BCUT2D eigenvalue weighted by Crippen LogP contribution is -2.11. The van der Waals surface area contributed by atoms with Gasteiger partial charge < -0.3 is 10.2 Å². The van der Waals surface area contributed by atoms with Gasteiger partial charge in [-0.25, -0.2) is 10.8 Å². The molecule has 3 N–H and O–H groups in total. The summed E-state index contributed by atoms with van der Waals surface area (Å²) in [7, 11) is 0. The van der Waals surface area contributed by atoms with Crippen LogP contribution in [0.2, 0.25) is 0 Å². The van der Waals surface area contributed by atoms with Crippen LogP contribution in [0.5, 0.6) is 11.6 Å². The number of nitrogens with one attached hydrogen (secondary N) is 1. The smallest absolute Gasteiger partial charge is 0.224 e. The molecule has 0 radical (unpaired) electrons. The van der Waals surface area contributed by atoms with Gasteiger partial charge in [0.2, 0.25) is 5.88 Å². The van der Waals surface area contributed by atoms with Crippen molar-refractivity contribution in [1.29, 1.82) is 0 Å². The lowest BCUT2D eigenvalue weighted by Gasteiger charge is -2.10. The summed E-state index contributed by atoms with van der Waals surface area (Å²) in [6.45, 7) is 4.04. The van der Waals surface area contributed by atoms with Crippen molar-refractivity contribution in [2.24, 2.45) is 5.84 Å². The normalized spacial score (nSPS) is 10.6. The average molecular weight is 370 g/mol. The molecule has 0 spiro atoms. The molecule has 1 heterocycles. The van der Waals surface area contributed by atoms with E-state index in [2.05, 4.69) is 38.0 Å². The molecule has 2 rings (SSSR count). The SMILES string of the molecule is CC(C)c1nc(NN)cc(Oc2ccc(I)cc2)n1. The van der Waals surface area contributed by atoms with E-state index in [0.717, 1.165) is 9.32 Å². The minimum Gasteiger partial charge on any atom is -0.439 e. The number of ether oxygens (including phenoxy) is 1. The second kappa shape index (κ2) is 6.16. The van der Waals surface area contributed by atoms with Crippen LogP contribution in [0.1, 0.15) is 25.6 Å². The van der Waals surface area contributed by atoms with Crippen molar-refractivity contribution in [1.82, 2.24) is 9.97 Å². The van der Waals surface area contributed by atoms with Crippen LogP contribution in [0.15, 0.2) is 30.3 Å². The second-order valence-corrected chi connectivity index (χ2v) is 5.55. The van der Waals surface area contributed by atoms with E-state index in [1.807, 2.05) is 38.1 Å². The third-order valence-corrected chi connectivity index (χ3v) is 3.14. The molecule has 0 amide bonds. The number of aromatic nitrogens is 2. The van der Waals surface area contributed by atoms with Crippen LogP contribution in [0.3, 0.4) is 0 Å². The standard InChI is InChI=1S/C13H15IN4O/c1-8(2)13-16-11(18-15)7-12(17-13)19-10-5-3-9(14)4-6-10/h3-8H,15H2,1-2H3,(H,16,17,18). The number of halogens is 1. The number of nitrogens with zero attached hydrogens (tertiary/aromatic N) is 2. The molecule has 2 aromatic rings. The van der Waals surface area contributed by atoms with Crippen LogP contribution in [0.4, 0.5) is 5.82 Å². The Labute approximate surface area is 125 Å². The Balaban J connectivity index is 2.28. The van der Waals surface area contributed by atoms with Crippen molar-refractivity contribution in [3.05, 3.63) is 39.7 Å². The molecule has 0 aliphatic heterocycles. The summed E-state index contributed by atoms with van der Waals surface area (Å²) in [5.74, 6) is 8.05. The molecular weight excluding hydrogens is 355 g/mol. The third-order valence-electron chi connectivity index (χ3n) is 2.42. The van der Waals surface area contributed by atoms with E-state index in [-0.39, 0.29) is 5.92 Å². The molecule has 0 saturated heterocycles. The van der Waals surface area contributed by atoms with Gasteiger partial charge in [0.25, 0.3) is 0 Å². The first-order chi connectivity index (χ1) is 9.08. The first-order valence-corrected chi connectivity index (χ1v) is 6.95. The molecule has 5 nitrogen and oxygen atoms in total. The van der Waals surface area contributed by atoms with Gasteiger partial charge in [-0.1, -0.05) is 13.8 Å². The van der Waals surface area contributed by atoms with Gasteiger partial charge >= 0.3 is 0 Å². The van der Waals surface area contributed by atoms with E-state index in [0.29, 0.717) is 17.5 Å². The van der Waals surface area contributed by atoms with Crippen LogP contribution >= 0.6 is 22.6 Å². The van der Waals surface area contributed by atoms with Crippen molar-refractivity contribution < 1.29 is 4.74 Å². The number of nitrogen functional groups attached to an aromatic ring is 1. The van der Waals surface area contributed by atoms with Gasteiger partial charge in [-0.15, -0.1) is 0 Å². The number of hydrazine groups is 1. The number of rotatable bonds is 4. The Kier molecular flexibility index (Phi) is 4.54. The van der Waals surface area contributed by atoms with Gasteiger partial charge in [0, 0.05) is 15.6 Å². The number of benzene rings is 1. The summed E-state index contributed by atoms with van der Waals surface area (Å²) in [5.41, 5.74) is 2.53. The van der Waals surface area contributed by atoms with Crippen LogP contribution in [0.25, 0.3) is 0 Å². The predicted octanol–water partition coefficient (Wildman–Crippen LogP) is 3.28. The summed E-state index contributed by atoms with van der Waals surface area (Å²) in [5, 5.41) is 0. The Morgan fingerprint density at radius 2 is 1.89 bits per heavy atom. The Bertz CT molecular complexity index is 557. The van der Waals surface area contributed by atoms with Crippen molar-refractivity contribution >= 4 is 28.4 Å². The zero-order chi connectivity index (χ0) is 13.8. The summed E-state index contributed by atoms with van der Waals surface area (Å²) >= 11 is 2.25. The number of hydrogen-bond acceptors (Lipinski definition) is 5. The van der Waals surface area contributed by atoms with E-state index in [4.69, 9.17) is 10.6 Å². The highest BCUT2D eigenvalue weighted by atomic mass is 127. The van der Waals surface area contributed by atoms with Gasteiger partial charge in [0.05, 0.1) is 0 Å². The monoisotopic (exact) mass is 370 g/mol. The van der Waals surface area contributed by atoms with Crippen LogP contribution in [0, 0.1) is 3.57 Å².